The Kier molecular flexibility index (Phi) is 5.78. The van der Waals surface area contributed by atoms with Gasteiger partial charge in [-0.05, 0) is 68.1 Å². The van der Waals surface area contributed by atoms with Gasteiger partial charge in [0.25, 0.3) is 5.91 Å². The number of amides is 3. The third-order valence-corrected chi connectivity index (χ3v) is 7.27. The first-order valence-electron chi connectivity index (χ1n) is 11.8. The summed E-state index contributed by atoms with van der Waals surface area (Å²) in [5.41, 5.74) is 0.00825. The molecule has 3 aliphatic rings. The normalized spacial score (nSPS) is 23.4. The fourth-order valence-electron chi connectivity index (χ4n) is 5.32. The summed E-state index contributed by atoms with van der Waals surface area (Å²) < 4.78 is 16.7. The Labute approximate surface area is 193 Å². The minimum atomic E-state index is -0.834. The number of hydrogen-bond donors (Lipinski definition) is 1. The minimum Gasteiger partial charge on any atom is -0.465 e. The molecule has 0 spiro atoms. The topological polar surface area (TPSA) is 84.3 Å². The van der Waals surface area contributed by atoms with Crippen molar-refractivity contribution in [2.24, 2.45) is 5.92 Å². The van der Waals surface area contributed by atoms with E-state index in [4.69, 9.17) is 13.9 Å². The molecule has 3 amide bonds. The van der Waals surface area contributed by atoms with Gasteiger partial charge < -0.3 is 19.2 Å². The first-order valence-corrected chi connectivity index (χ1v) is 11.8. The van der Waals surface area contributed by atoms with Crippen molar-refractivity contribution in [2.45, 2.75) is 58.2 Å². The Morgan fingerprint density at radius 2 is 1.76 bits per heavy atom. The van der Waals surface area contributed by atoms with Gasteiger partial charge in [0.1, 0.15) is 17.1 Å². The molecule has 0 bridgehead atoms. The molecule has 2 fully saturated rings. The van der Waals surface area contributed by atoms with Crippen LogP contribution in [0.5, 0.6) is 11.5 Å². The van der Waals surface area contributed by atoms with Gasteiger partial charge in [0.2, 0.25) is 6.79 Å². The average molecular weight is 454 g/mol. The quantitative estimate of drug-likeness (QED) is 0.644. The molecule has 5 rings (SSSR count). The molecule has 3 aliphatic heterocycles. The molecule has 1 aromatic carbocycles. The van der Waals surface area contributed by atoms with Crippen LogP contribution in [0.25, 0.3) is 0 Å². The molecule has 8 heteroatoms. The van der Waals surface area contributed by atoms with Crippen molar-refractivity contribution in [3.63, 3.8) is 0 Å². The van der Waals surface area contributed by atoms with Gasteiger partial charge in [-0.15, -0.1) is 0 Å². The van der Waals surface area contributed by atoms with Gasteiger partial charge in [0.15, 0.2) is 11.5 Å². The lowest BCUT2D eigenvalue weighted by Crippen LogP contribution is -2.55. The highest BCUT2D eigenvalue weighted by Gasteiger charge is 2.54. The average Bonchev–Trinajstić information content (AvgIpc) is 3.54. The Hall–Kier alpha value is -3.00. The largest absolute Gasteiger partial charge is 0.465 e. The third kappa shape index (κ3) is 3.97. The fourth-order valence-corrected chi connectivity index (χ4v) is 5.32. The number of hydrogen-bond acceptors (Lipinski definition) is 6. The van der Waals surface area contributed by atoms with Crippen molar-refractivity contribution in [2.75, 3.05) is 19.9 Å². The van der Waals surface area contributed by atoms with Crippen molar-refractivity contribution in [3.8, 4) is 11.5 Å². The van der Waals surface area contributed by atoms with E-state index in [0.717, 1.165) is 56.0 Å². The van der Waals surface area contributed by atoms with Gasteiger partial charge in [-0.1, -0.05) is 19.9 Å². The molecular weight excluding hydrogens is 422 g/mol. The first-order chi connectivity index (χ1) is 16.0. The number of fused-ring (bicyclic) bond motifs is 1. The molecule has 1 N–H and O–H groups in total. The molecule has 4 heterocycles. The summed E-state index contributed by atoms with van der Waals surface area (Å²) in [5.74, 6) is 3.31. The number of likely N-dealkylation sites (tertiary alicyclic amines) is 1. The molecule has 1 atom stereocenters. The number of nitrogens with zero attached hydrogens (tertiary/aromatic N) is 2. The van der Waals surface area contributed by atoms with Gasteiger partial charge in [0.05, 0.1) is 13.1 Å². The zero-order valence-electron chi connectivity index (χ0n) is 19.3. The standard InChI is InChI=1S/C25H31N3O5/c1-3-19-6-7-20(33-19)15-27-11-9-18(10-12-27)25(4-2)23(29)28(24(30)26-25)14-17-5-8-21-22(13-17)32-16-31-21/h5-8,13,18H,3-4,9-12,14-16H2,1-2H3,(H,26,30)/t25-/m1/s1. The zero-order valence-corrected chi connectivity index (χ0v) is 19.3. The number of aryl methyl sites for hydroxylation is 1. The highest BCUT2D eigenvalue weighted by Crippen LogP contribution is 2.38. The molecule has 8 nitrogen and oxygen atoms in total. The van der Waals surface area contributed by atoms with Crippen LogP contribution in [0.2, 0.25) is 0 Å². The van der Waals surface area contributed by atoms with Gasteiger partial charge in [-0.25, -0.2) is 4.79 Å². The molecule has 2 aromatic rings. The molecule has 1 aromatic heterocycles. The van der Waals surface area contributed by atoms with Crippen molar-refractivity contribution < 1.29 is 23.5 Å². The maximum absolute atomic E-state index is 13.6. The van der Waals surface area contributed by atoms with Crippen LogP contribution in [-0.2, 0) is 24.3 Å². The Morgan fingerprint density at radius 3 is 2.48 bits per heavy atom. The summed E-state index contributed by atoms with van der Waals surface area (Å²) in [6.07, 6.45) is 3.20. The molecule has 0 saturated carbocycles. The van der Waals surface area contributed by atoms with Crippen LogP contribution in [0.4, 0.5) is 4.79 Å². The van der Waals surface area contributed by atoms with Gasteiger partial charge in [-0.2, -0.15) is 0 Å². The van der Waals surface area contributed by atoms with Gasteiger partial charge in [-0.3, -0.25) is 14.6 Å². The number of benzene rings is 1. The Bertz CT molecular complexity index is 1040. The number of ether oxygens (including phenoxy) is 2. The van der Waals surface area contributed by atoms with Crippen LogP contribution in [-0.4, -0.2) is 47.2 Å². The summed E-state index contributed by atoms with van der Waals surface area (Å²) in [7, 11) is 0. The number of carbonyl (C=O) groups is 2. The molecule has 0 unspecified atom stereocenters. The second-order valence-electron chi connectivity index (χ2n) is 9.11. The van der Waals surface area contributed by atoms with E-state index in [1.54, 1.807) is 0 Å². The maximum Gasteiger partial charge on any atom is 0.325 e. The number of carbonyl (C=O) groups excluding carboxylic acids is 2. The van der Waals surface area contributed by atoms with Crippen molar-refractivity contribution >= 4 is 11.9 Å². The van der Waals surface area contributed by atoms with Crippen LogP contribution >= 0.6 is 0 Å². The number of imide groups is 1. The smallest absolute Gasteiger partial charge is 0.325 e. The maximum atomic E-state index is 13.6. The van der Waals surface area contributed by atoms with Crippen molar-refractivity contribution in [1.82, 2.24) is 15.1 Å². The Morgan fingerprint density at radius 1 is 1.00 bits per heavy atom. The third-order valence-electron chi connectivity index (χ3n) is 7.27. The lowest BCUT2D eigenvalue weighted by molar-refractivity contribution is -0.134. The van der Waals surface area contributed by atoms with E-state index in [2.05, 4.69) is 17.1 Å². The lowest BCUT2D eigenvalue weighted by atomic mass is 9.75. The van der Waals surface area contributed by atoms with Crippen molar-refractivity contribution in [1.29, 1.82) is 0 Å². The number of nitrogens with one attached hydrogen (secondary N) is 1. The molecule has 33 heavy (non-hydrogen) atoms. The molecule has 0 aliphatic carbocycles. The van der Waals surface area contributed by atoms with E-state index < -0.39 is 5.54 Å². The predicted molar refractivity (Wildman–Crippen MR) is 121 cm³/mol. The van der Waals surface area contributed by atoms with E-state index in [1.165, 1.54) is 4.90 Å². The Balaban J connectivity index is 1.24. The molecular formula is C25H31N3O5. The van der Waals surface area contributed by atoms with E-state index >= 15 is 0 Å². The highest BCUT2D eigenvalue weighted by atomic mass is 16.7. The number of furan rings is 1. The van der Waals surface area contributed by atoms with Crippen LogP contribution in [0, 0.1) is 5.92 Å². The number of rotatable bonds is 7. The monoisotopic (exact) mass is 453 g/mol. The highest BCUT2D eigenvalue weighted by molar-refractivity contribution is 6.07. The van der Waals surface area contributed by atoms with Crippen LogP contribution in [0.3, 0.4) is 0 Å². The summed E-state index contributed by atoms with van der Waals surface area (Å²) in [4.78, 5) is 30.2. The molecule has 0 radical (unpaired) electrons. The first kappa shape index (κ1) is 21.8. The fraction of sp³-hybridized carbons (Fsp3) is 0.520. The second-order valence-corrected chi connectivity index (χ2v) is 9.11. The van der Waals surface area contributed by atoms with E-state index in [-0.39, 0.29) is 31.2 Å². The summed E-state index contributed by atoms with van der Waals surface area (Å²) >= 11 is 0. The minimum absolute atomic E-state index is 0.111. The van der Waals surface area contributed by atoms with Crippen LogP contribution in [0.1, 0.15) is 50.2 Å². The molecule has 2 saturated heterocycles. The van der Waals surface area contributed by atoms with Crippen LogP contribution < -0.4 is 14.8 Å². The predicted octanol–water partition coefficient (Wildman–Crippen LogP) is 3.68. The summed E-state index contributed by atoms with van der Waals surface area (Å²) in [6, 6.07) is 9.30. The van der Waals surface area contributed by atoms with Gasteiger partial charge in [0, 0.05) is 6.42 Å². The van der Waals surface area contributed by atoms with E-state index in [0.29, 0.717) is 17.9 Å². The molecule has 176 valence electrons. The SMILES string of the molecule is CCc1ccc(CN2CCC([C@@]3(CC)NC(=O)N(Cc4ccc5c(c4)OCO5)C3=O)CC2)o1. The van der Waals surface area contributed by atoms with E-state index in [1.807, 2.05) is 37.3 Å². The number of piperidine rings is 1. The zero-order chi connectivity index (χ0) is 23.0. The van der Waals surface area contributed by atoms with Gasteiger partial charge >= 0.3 is 6.03 Å². The van der Waals surface area contributed by atoms with E-state index in [9.17, 15) is 9.59 Å². The number of urea groups is 1. The summed E-state index contributed by atoms with van der Waals surface area (Å²) in [5, 5.41) is 3.08. The van der Waals surface area contributed by atoms with Crippen molar-refractivity contribution in [3.05, 3.63) is 47.4 Å². The van der Waals surface area contributed by atoms with Crippen LogP contribution in [0.15, 0.2) is 34.7 Å². The lowest BCUT2D eigenvalue weighted by Gasteiger charge is -2.40. The second kappa shape index (κ2) is 8.74. The summed E-state index contributed by atoms with van der Waals surface area (Å²) in [6.45, 7) is 7.02.